The highest BCUT2D eigenvalue weighted by molar-refractivity contribution is 5.77. The number of aryl methyl sites for hydroxylation is 1. The van der Waals surface area contributed by atoms with E-state index in [0.29, 0.717) is 11.8 Å². The predicted molar refractivity (Wildman–Crippen MR) is 61.9 cm³/mol. The molecule has 1 aromatic heterocycles. The molecular weight excluding hydrogens is 202 g/mol. The van der Waals surface area contributed by atoms with Gasteiger partial charge in [-0.3, -0.25) is 4.79 Å². The van der Waals surface area contributed by atoms with E-state index < -0.39 is 0 Å². The fourth-order valence-electron chi connectivity index (χ4n) is 2.10. The number of nitrogens with one attached hydrogen (secondary N) is 1. The Balaban J connectivity index is 1.74. The van der Waals surface area contributed by atoms with E-state index in [4.69, 9.17) is 0 Å². The van der Waals surface area contributed by atoms with Crippen molar-refractivity contribution in [2.45, 2.75) is 33.1 Å². The van der Waals surface area contributed by atoms with Crippen molar-refractivity contribution in [1.82, 2.24) is 14.9 Å². The van der Waals surface area contributed by atoms with Crippen LogP contribution >= 0.6 is 0 Å². The average Bonchev–Trinajstić information content (AvgIpc) is 2.74. The molecule has 16 heavy (non-hydrogen) atoms. The Hall–Kier alpha value is -1.32. The Morgan fingerprint density at radius 2 is 2.38 bits per heavy atom. The number of imidazole rings is 1. The van der Waals surface area contributed by atoms with Crippen LogP contribution in [0.2, 0.25) is 0 Å². The zero-order valence-electron chi connectivity index (χ0n) is 9.99. The molecule has 0 unspecified atom stereocenters. The molecule has 0 aliphatic carbocycles. The molecule has 2 heterocycles. The minimum atomic E-state index is 0.264. The second-order valence-corrected chi connectivity index (χ2v) is 4.99. The van der Waals surface area contributed by atoms with Crippen LogP contribution < -0.4 is 0 Å². The highest BCUT2D eigenvalue weighted by Crippen LogP contribution is 2.33. The van der Waals surface area contributed by atoms with Gasteiger partial charge >= 0.3 is 0 Å². The molecule has 0 bridgehead atoms. The molecule has 2 rings (SSSR count). The van der Waals surface area contributed by atoms with Gasteiger partial charge in [0.1, 0.15) is 0 Å². The van der Waals surface area contributed by atoms with Crippen molar-refractivity contribution in [2.75, 3.05) is 13.1 Å². The third-order valence-electron chi connectivity index (χ3n) is 3.51. The lowest BCUT2D eigenvalue weighted by Crippen LogP contribution is -2.56. The molecule has 0 radical (unpaired) electrons. The summed E-state index contributed by atoms with van der Waals surface area (Å²) in [5.74, 6) is 0.264. The lowest BCUT2D eigenvalue weighted by atomic mass is 9.79. The lowest BCUT2D eigenvalue weighted by Gasteiger charge is -2.47. The van der Waals surface area contributed by atoms with E-state index in [9.17, 15) is 4.79 Å². The second kappa shape index (κ2) is 4.28. The van der Waals surface area contributed by atoms with E-state index in [1.807, 2.05) is 4.90 Å². The highest BCUT2D eigenvalue weighted by Gasteiger charge is 2.39. The summed E-state index contributed by atoms with van der Waals surface area (Å²) in [4.78, 5) is 20.7. The molecule has 0 saturated carbocycles. The Morgan fingerprint density at radius 3 is 2.94 bits per heavy atom. The van der Waals surface area contributed by atoms with E-state index in [2.05, 4.69) is 23.8 Å². The van der Waals surface area contributed by atoms with Crippen LogP contribution in [0.1, 0.15) is 32.4 Å². The molecule has 4 heteroatoms. The summed E-state index contributed by atoms with van der Waals surface area (Å²) in [7, 11) is 0. The SMILES string of the molecule is CCC1(C)CN(C(=O)CCc2cnc[nH]2)C1. The molecule has 0 spiro atoms. The Morgan fingerprint density at radius 1 is 1.62 bits per heavy atom. The molecule has 4 nitrogen and oxygen atoms in total. The standard InChI is InChI=1S/C12H19N3O/c1-3-12(2)7-15(8-12)11(16)5-4-10-6-13-9-14-10/h6,9H,3-5,7-8H2,1-2H3,(H,13,14). The summed E-state index contributed by atoms with van der Waals surface area (Å²) in [5, 5.41) is 0. The molecule has 88 valence electrons. The maximum Gasteiger partial charge on any atom is 0.222 e. The smallest absolute Gasteiger partial charge is 0.222 e. The molecule has 0 atom stereocenters. The van der Waals surface area contributed by atoms with Gasteiger partial charge in [-0.1, -0.05) is 13.8 Å². The largest absolute Gasteiger partial charge is 0.348 e. The minimum absolute atomic E-state index is 0.264. The highest BCUT2D eigenvalue weighted by atomic mass is 16.2. The second-order valence-electron chi connectivity index (χ2n) is 4.99. The molecule has 1 aliphatic heterocycles. The monoisotopic (exact) mass is 221 g/mol. The van der Waals surface area contributed by atoms with Gasteiger partial charge in [0, 0.05) is 36.8 Å². The predicted octanol–water partition coefficient (Wildman–Crippen LogP) is 1.60. The van der Waals surface area contributed by atoms with Crippen LogP contribution in [0.5, 0.6) is 0 Å². The first-order valence-corrected chi connectivity index (χ1v) is 5.88. The fraction of sp³-hybridized carbons (Fsp3) is 0.667. The summed E-state index contributed by atoms with van der Waals surface area (Å²) in [6.07, 6.45) is 5.93. The molecule has 0 aromatic carbocycles. The van der Waals surface area contributed by atoms with Gasteiger partial charge in [0.05, 0.1) is 6.33 Å². The van der Waals surface area contributed by atoms with Crippen molar-refractivity contribution >= 4 is 5.91 Å². The van der Waals surface area contributed by atoms with Crippen LogP contribution in [-0.4, -0.2) is 33.9 Å². The van der Waals surface area contributed by atoms with Crippen molar-refractivity contribution in [3.63, 3.8) is 0 Å². The van der Waals surface area contributed by atoms with E-state index >= 15 is 0 Å². The first-order chi connectivity index (χ1) is 7.63. The quantitative estimate of drug-likeness (QED) is 0.839. The Labute approximate surface area is 96.1 Å². The minimum Gasteiger partial charge on any atom is -0.348 e. The maximum atomic E-state index is 11.8. The van der Waals surface area contributed by atoms with Gasteiger partial charge in [0.25, 0.3) is 0 Å². The normalized spacial score (nSPS) is 18.2. The summed E-state index contributed by atoms with van der Waals surface area (Å²) in [6, 6.07) is 0. The molecular formula is C12H19N3O. The first kappa shape index (κ1) is 11.2. The fourth-order valence-corrected chi connectivity index (χ4v) is 2.10. The summed E-state index contributed by atoms with van der Waals surface area (Å²) in [5.41, 5.74) is 1.40. The van der Waals surface area contributed by atoms with Crippen molar-refractivity contribution in [3.05, 3.63) is 18.2 Å². The van der Waals surface area contributed by atoms with E-state index in [1.165, 1.54) is 0 Å². The number of hydrogen-bond donors (Lipinski definition) is 1. The number of aromatic nitrogens is 2. The zero-order valence-corrected chi connectivity index (χ0v) is 9.99. The number of carbonyl (C=O) groups is 1. The number of amides is 1. The third-order valence-corrected chi connectivity index (χ3v) is 3.51. The maximum absolute atomic E-state index is 11.8. The first-order valence-electron chi connectivity index (χ1n) is 5.88. The van der Waals surface area contributed by atoms with Gasteiger partial charge in [-0.25, -0.2) is 4.98 Å². The summed E-state index contributed by atoms with van der Waals surface area (Å²) < 4.78 is 0. The van der Waals surface area contributed by atoms with E-state index in [0.717, 1.165) is 31.6 Å². The van der Waals surface area contributed by atoms with Crippen LogP contribution in [0, 0.1) is 5.41 Å². The van der Waals surface area contributed by atoms with Crippen LogP contribution in [0.25, 0.3) is 0 Å². The molecule has 1 amide bonds. The Kier molecular flexibility index (Phi) is 2.99. The molecule has 1 aromatic rings. The van der Waals surface area contributed by atoms with E-state index in [-0.39, 0.29) is 5.91 Å². The molecule has 1 N–H and O–H groups in total. The van der Waals surface area contributed by atoms with Crippen LogP contribution in [0.3, 0.4) is 0 Å². The number of hydrogen-bond acceptors (Lipinski definition) is 2. The van der Waals surface area contributed by atoms with E-state index in [1.54, 1.807) is 12.5 Å². The number of H-pyrrole nitrogens is 1. The topological polar surface area (TPSA) is 49.0 Å². The average molecular weight is 221 g/mol. The van der Waals surface area contributed by atoms with Crippen LogP contribution in [0.4, 0.5) is 0 Å². The number of rotatable bonds is 4. The molecule has 1 saturated heterocycles. The summed E-state index contributed by atoms with van der Waals surface area (Å²) >= 11 is 0. The van der Waals surface area contributed by atoms with Gasteiger partial charge in [-0.2, -0.15) is 0 Å². The summed E-state index contributed by atoms with van der Waals surface area (Å²) in [6.45, 7) is 6.27. The lowest BCUT2D eigenvalue weighted by molar-refractivity contribution is -0.142. The number of nitrogens with zero attached hydrogens (tertiary/aromatic N) is 2. The van der Waals surface area contributed by atoms with Gasteiger partial charge in [0.2, 0.25) is 5.91 Å². The third kappa shape index (κ3) is 2.26. The Bertz CT molecular complexity index is 352. The van der Waals surface area contributed by atoms with Gasteiger partial charge in [-0.05, 0) is 12.8 Å². The van der Waals surface area contributed by atoms with Crippen molar-refractivity contribution in [1.29, 1.82) is 0 Å². The number of likely N-dealkylation sites (tertiary alicyclic amines) is 1. The van der Waals surface area contributed by atoms with Crippen molar-refractivity contribution in [3.8, 4) is 0 Å². The van der Waals surface area contributed by atoms with Gasteiger partial charge in [-0.15, -0.1) is 0 Å². The van der Waals surface area contributed by atoms with Crippen molar-refractivity contribution < 1.29 is 4.79 Å². The van der Waals surface area contributed by atoms with Crippen LogP contribution in [0.15, 0.2) is 12.5 Å². The number of aromatic amines is 1. The molecule has 1 fully saturated rings. The number of carbonyl (C=O) groups excluding carboxylic acids is 1. The molecule has 1 aliphatic rings. The van der Waals surface area contributed by atoms with Gasteiger partial charge < -0.3 is 9.88 Å². The van der Waals surface area contributed by atoms with Crippen molar-refractivity contribution in [2.24, 2.45) is 5.41 Å². The van der Waals surface area contributed by atoms with Gasteiger partial charge in [0.15, 0.2) is 0 Å². The zero-order chi connectivity index (χ0) is 11.6. The van der Waals surface area contributed by atoms with Crippen LogP contribution in [-0.2, 0) is 11.2 Å².